The van der Waals surface area contributed by atoms with E-state index in [4.69, 9.17) is 10.5 Å². The topological polar surface area (TPSA) is 59.6 Å². The molecular weight excluding hydrogens is 401 g/mol. The summed E-state index contributed by atoms with van der Waals surface area (Å²) in [7, 11) is 1.71. The summed E-state index contributed by atoms with van der Waals surface area (Å²) in [4.78, 5) is 4.64. The Kier molecular flexibility index (Phi) is 7.17. The lowest BCUT2D eigenvalue weighted by molar-refractivity contribution is 0.407. The van der Waals surface area contributed by atoms with E-state index < -0.39 is 0 Å². The van der Waals surface area contributed by atoms with Gasteiger partial charge in [-0.1, -0.05) is 25.0 Å². The molecule has 0 amide bonds. The minimum absolute atomic E-state index is 0. The average Bonchev–Trinajstić information content (AvgIpc) is 2.94. The Labute approximate surface area is 157 Å². The quantitative estimate of drug-likeness (QED) is 0.433. The van der Waals surface area contributed by atoms with Gasteiger partial charge in [0.1, 0.15) is 5.75 Å². The second kappa shape index (κ2) is 8.22. The van der Waals surface area contributed by atoms with Crippen molar-refractivity contribution in [2.24, 2.45) is 10.7 Å². The van der Waals surface area contributed by atoms with Crippen molar-refractivity contribution in [2.75, 3.05) is 13.7 Å². The van der Waals surface area contributed by atoms with Crippen molar-refractivity contribution in [3.8, 4) is 5.75 Å². The minimum Gasteiger partial charge on any atom is -0.497 e. The molecule has 1 aliphatic carbocycles. The number of halogens is 1. The van der Waals surface area contributed by atoms with Crippen LogP contribution in [-0.2, 0) is 5.41 Å². The van der Waals surface area contributed by atoms with Crippen LogP contribution in [0.2, 0.25) is 0 Å². The van der Waals surface area contributed by atoms with E-state index >= 15 is 0 Å². The molecule has 1 saturated carbocycles. The minimum atomic E-state index is -0.0631. The average molecular weight is 431 g/mol. The van der Waals surface area contributed by atoms with Crippen molar-refractivity contribution in [3.05, 3.63) is 29.8 Å². The lowest BCUT2D eigenvalue weighted by Gasteiger charge is -2.29. The zero-order valence-corrected chi connectivity index (χ0v) is 17.0. The molecule has 0 atom stereocenters. The monoisotopic (exact) mass is 431 g/mol. The summed E-state index contributed by atoms with van der Waals surface area (Å²) in [6.45, 7) is 6.99. The lowest BCUT2D eigenvalue weighted by atomic mass is 9.79. The van der Waals surface area contributed by atoms with E-state index in [-0.39, 0.29) is 34.9 Å². The molecule has 4 nitrogen and oxygen atoms in total. The van der Waals surface area contributed by atoms with E-state index in [0.29, 0.717) is 5.96 Å². The fourth-order valence-corrected chi connectivity index (χ4v) is 3.20. The van der Waals surface area contributed by atoms with Crippen LogP contribution < -0.4 is 15.8 Å². The number of nitrogens with one attached hydrogen (secondary N) is 1. The van der Waals surface area contributed by atoms with Gasteiger partial charge in [-0.2, -0.15) is 0 Å². The number of ether oxygens (including phenoxy) is 1. The Bertz CT molecular complexity index is 531. The lowest BCUT2D eigenvalue weighted by Crippen LogP contribution is -2.45. The van der Waals surface area contributed by atoms with Crippen LogP contribution in [-0.4, -0.2) is 25.2 Å². The van der Waals surface area contributed by atoms with Gasteiger partial charge in [-0.05, 0) is 51.3 Å². The Balaban J connectivity index is 0.00000264. The van der Waals surface area contributed by atoms with E-state index in [1.807, 2.05) is 6.07 Å². The molecule has 0 saturated heterocycles. The van der Waals surface area contributed by atoms with Gasteiger partial charge in [-0.15, -0.1) is 24.0 Å². The molecular formula is C18H30IN3O. The summed E-state index contributed by atoms with van der Waals surface area (Å²) in [6, 6.07) is 8.39. The highest BCUT2D eigenvalue weighted by Crippen LogP contribution is 2.42. The van der Waals surface area contributed by atoms with E-state index in [9.17, 15) is 0 Å². The second-order valence-corrected chi connectivity index (χ2v) is 7.30. The fourth-order valence-electron chi connectivity index (χ4n) is 3.20. The van der Waals surface area contributed by atoms with Gasteiger partial charge in [0.05, 0.1) is 13.7 Å². The van der Waals surface area contributed by atoms with Gasteiger partial charge in [0.15, 0.2) is 5.96 Å². The zero-order valence-electron chi connectivity index (χ0n) is 14.7. The summed E-state index contributed by atoms with van der Waals surface area (Å²) in [6.07, 6.45) is 4.82. The number of nitrogens with two attached hydrogens (primary N) is 1. The highest BCUT2D eigenvalue weighted by molar-refractivity contribution is 14.0. The van der Waals surface area contributed by atoms with Crippen LogP contribution >= 0.6 is 24.0 Å². The van der Waals surface area contributed by atoms with Gasteiger partial charge >= 0.3 is 0 Å². The molecule has 0 unspecified atom stereocenters. The number of hydrogen-bond donors (Lipinski definition) is 2. The van der Waals surface area contributed by atoms with Crippen molar-refractivity contribution < 1.29 is 4.74 Å². The summed E-state index contributed by atoms with van der Waals surface area (Å²) in [5, 5.41) is 3.24. The van der Waals surface area contributed by atoms with Gasteiger partial charge < -0.3 is 15.8 Å². The van der Waals surface area contributed by atoms with Crippen molar-refractivity contribution >= 4 is 29.9 Å². The van der Waals surface area contributed by atoms with E-state index in [2.05, 4.69) is 49.3 Å². The summed E-state index contributed by atoms with van der Waals surface area (Å²) >= 11 is 0. The third-order valence-corrected chi connectivity index (χ3v) is 4.30. The molecule has 1 aliphatic rings. The van der Waals surface area contributed by atoms with Crippen LogP contribution in [0.1, 0.15) is 52.0 Å². The molecule has 2 rings (SSSR count). The maximum atomic E-state index is 6.05. The van der Waals surface area contributed by atoms with Crippen LogP contribution in [0.3, 0.4) is 0 Å². The molecule has 3 N–H and O–H groups in total. The van der Waals surface area contributed by atoms with Gasteiger partial charge in [0, 0.05) is 11.0 Å². The fraction of sp³-hybridized carbons (Fsp3) is 0.611. The van der Waals surface area contributed by atoms with Crippen LogP contribution in [0, 0.1) is 0 Å². The SMILES string of the molecule is COc1cccc(C2(CN=C(N)NC(C)(C)C)CCCC2)c1.I. The van der Waals surface area contributed by atoms with Crippen molar-refractivity contribution in [1.29, 1.82) is 0 Å². The number of aliphatic imine (C=N–C) groups is 1. The largest absolute Gasteiger partial charge is 0.497 e. The van der Waals surface area contributed by atoms with E-state index in [1.165, 1.54) is 18.4 Å². The van der Waals surface area contributed by atoms with E-state index in [0.717, 1.165) is 25.1 Å². The van der Waals surface area contributed by atoms with Gasteiger partial charge in [-0.25, -0.2) is 0 Å². The molecule has 0 heterocycles. The molecule has 0 aliphatic heterocycles. The number of benzene rings is 1. The first-order valence-corrected chi connectivity index (χ1v) is 8.07. The van der Waals surface area contributed by atoms with Crippen molar-refractivity contribution in [3.63, 3.8) is 0 Å². The molecule has 0 bridgehead atoms. The predicted octanol–water partition coefficient (Wildman–Crippen LogP) is 3.83. The molecule has 1 aromatic rings. The Morgan fingerprint density at radius 2 is 1.96 bits per heavy atom. The van der Waals surface area contributed by atoms with E-state index in [1.54, 1.807) is 7.11 Å². The Morgan fingerprint density at radius 1 is 1.30 bits per heavy atom. The summed E-state index contributed by atoms with van der Waals surface area (Å²) in [5.74, 6) is 1.44. The van der Waals surface area contributed by atoms with Crippen molar-refractivity contribution in [1.82, 2.24) is 5.32 Å². The van der Waals surface area contributed by atoms with Crippen LogP contribution in [0.5, 0.6) is 5.75 Å². The number of hydrogen-bond acceptors (Lipinski definition) is 2. The summed E-state index contributed by atoms with van der Waals surface area (Å²) in [5.41, 5.74) is 7.39. The first kappa shape index (κ1) is 20.1. The number of rotatable bonds is 4. The smallest absolute Gasteiger partial charge is 0.189 e. The third-order valence-electron chi connectivity index (χ3n) is 4.30. The van der Waals surface area contributed by atoms with Gasteiger partial charge in [0.25, 0.3) is 0 Å². The molecule has 5 heteroatoms. The molecule has 0 radical (unpaired) electrons. The Morgan fingerprint density at radius 3 is 2.52 bits per heavy atom. The summed E-state index contributed by atoms with van der Waals surface area (Å²) < 4.78 is 5.38. The third kappa shape index (κ3) is 5.55. The predicted molar refractivity (Wildman–Crippen MR) is 108 cm³/mol. The number of methoxy groups -OCH3 is 1. The molecule has 23 heavy (non-hydrogen) atoms. The molecule has 1 fully saturated rings. The second-order valence-electron chi connectivity index (χ2n) is 7.30. The van der Waals surface area contributed by atoms with Crippen LogP contribution in [0.4, 0.5) is 0 Å². The first-order chi connectivity index (χ1) is 10.3. The normalized spacial score (nSPS) is 17.5. The molecule has 130 valence electrons. The maximum Gasteiger partial charge on any atom is 0.189 e. The van der Waals surface area contributed by atoms with Gasteiger partial charge in [-0.3, -0.25) is 4.99 Å². The number of nitrogens with zero attached hydrogens (tertiary/aromatic N) is 1. The molecule has 0 aromatic heterocycles. The maximum absolute atomic E-state index is 6.05. The van der Waals surface area contributed by atoms with Crippen LogP contribution in [0.25, 0.3) is 0 Å². The standard InChI is InChI=1S/C18H29N3O.HI/c1-17(2,3)21-16(19)20-13-18(10-5-6-11-18)14-8-7-9-15(12-14)22-4;/h7-9,12H,5-6,10-11,13H2,1-4H3,(H3,19,20,21);1H. The number of guanidine groups is 1. The molecule has 1 aromatic carbocycles. The van der Waals surface area contributed by atoms with Gasteiger partial charge in [0.2, 0.25) is 0 Å². The van der Waals surface area contributed by atoms with Crippen LogP contribution in [0.15, 0.2) is 29.3 Å². The Hall–Kier alpha value is -0.980. The zero-order chi connectivity index (χ0) is 16.2. The highest BCUT2D eigenvalue weighted by Gasteiger charge is 2.35. The van der Waals surface area contributed by atoms with Crippen molar-refractivity contribution in [2.45, 2.75) is 57.4 Å². The highest BCUT2D eigenvalue weighted by atomic mass is 127. The first-order valence-electron chi connectivity index (χ1n) is 8.07. The molecule has 0 spiro atoms.